The van der Waals surface area contributed by atoms with Gasteiger partial charge in [-0.3, -0.25) is 19.3 Å². The zero-order valence-electron chi connectivity index (χ0n) is 13.7. The Balaban J connectivity index is 2.42. The van der Waals surface area contributed by atoms with E-state index >= 15 is 0 Å². The van der Waals surface area contributed by atoms with Crippen molar-refractivity contribution in [3.05, 3.63) is 34.7 Å². The summed E-state index contributed by atoms with van der Waals surface area (Å²) in [6, 6.07) is 6.79. The van der Waals surface area contributed by atoms with Gasteiger partial charge in [0.2, 0.25) is 5.91 Å². The lowest BCUT2D eigenvalue weighted by Crippen LogP contribution is -2.37. The van der Waals surface area contributed by atoms with E-state index in [4.69, 9.17) is 0 Å². The summed E-state index contributed by atoms with van der Waals surface area (Å²) in [5.74, 6) is 0.0802. The molecule has 0 atom stereocenters. The summed E-state index contributed by atoms with van der Waals surface area (Å²) in [7, 11) is 0. The fraction of sp³-hybridized carbons (Fsp3) is 0.353. The first-order valence-corrected chi connectivity index (χ1v) is 8.48. The first-order chi connectivity index (χ1) is 10.9. The number of nitrogens with one attached hydrogen (secondary N) is 1. The summed E-state index contributed by atoms with van der Waals surface area (Å²) in [4.78, 5) is 38.1. The van der Waals surface area contributed by atoms with Crippen LogP contribution in [0.2, 0.25) is 0 Å². The van der Waals surface area contributed by atoms with E-state index in [0.717, 1.165) is 0 Å². The number of amides is 3. The largest absolute Gasteiger partial charge is 0.326 e. The number of thioether (sulfide) groups is 1. The van der Waals surface area contributed by atoms with Crippen molar-refractivity contribution in [3.8, 4) is 0 Å². The molecule has 0 saturated carbocycles. The molecule has 0 radical (unpaired) electrons. The number of rotatable bonds is 5. The normalized spacial score (nSPS) is 14.9. The highest BCUT2D eigenvalue weighted by Crippen LogP contribution is 2.37. The van der Waals surface area contributed by atoms with Crippen LogP contribution in [0, 0.1) is 0 Å². The highest BCUT2D eigenvalue weighted by molar-refractivity contribution is 8.04. The Labute approximate surface area is 140 Å². The first kappa shape index (κ1) is 17.3. The van der Waals surface area contributed by atoms with E-state index in [2.05, 4.69) is 5.32 Å². The number of nitrogens with zero attached hydrogens (tertiary/aromatic N) is 1. The SMILES string of the molecule is CCSC1=C(c2ccc(NC(C)=O)cc2)C(=O)N(C(C)C)C1=O. The number of benzene rings is 1. The van der Waals surface area contributed by atoms with Crippen LogP contribution in [0.15, 0.2) is 29.2 Å². The highest BCUT2D eigenvalue weighted by Gasteiger charge is 2.40. The molecule has 0 saturated heterocycles. The average Bonchev–Trinajstić information content (AvgIpc) is 2.71. The second-order valence-corrected chi connectivity index (χ2v) is 6.74. The van der Waals surface area contributed by atoms with Crippen LogP contribution >= 0.6 is 11.8 Å². The second-order valence-electron chi connectivity index (χ2n) is 5.47. The molecule has 6 heteroatoms. The smallest absolute Gasteiger partial charge is 0.268 e. The standard InChI is InChI=1S/C17H20N2O3S/c1-5-23-15-14(16(21)19(10(2)3)17(15)22)12-6-8-13(9-7-12)18-11(4)20/h6-10H,5H2,1-4H3,(H,18,20). The molecular formula is C17H20N2O3S. The van der Waals surface area contributed by atoms with E-state index in [9.17, 15) is 14.4 Å². The van der Waals surface area contributed by atoms with Gasteiger partial charge in [0.05, 0.1) is 10.5 Å². The summed E-state index contributed by atoms with van der Waals surface area (Å²) in [6.07, 6.45) is 0. The molecule has 1 aromatic carbocycles. The van der Waals surface area contributed by atoms with Gasteiger partial charge < -0.3 is 5.32 Å². The van der Waals surface area contributed by atoms with Crippen LogP contribution in [-0.4, -0.2) is 34.4 Å². The highest BCUT2D eigenvalue weighted by atomic mass is 32.2. The van der Waals surface area contributed by atoms with Crippen LogP contribution in [0.25, 0.3) is 5.57 Å². The molecule has 0 fully saturated rings. The average molecular weight is 332 g/mol. The molecule has 23 heavy (non-hydrogen) atoms. The molecule has 0 aromatic heterocycles. The molecule has 0 unspecified atom stereocenters. The molecule has 1 N–H and O–H groups in total. The van der Waals surface area contributed by atoms with Gasteiger partial charge in [-0.05, 0) is 37.3 Å². The van der Waals surface area contributed by atoms with Gasteiger partial charge in [0.25, 0.3) is 11.8 Å². The molecule has 1 aliphatic heterocycles. The van der Waals surface area contributed by atoms with Crippen LogP contribution in [0.5, 0.6) is 0 Å². The van der Waals surface area contributed by atoms with Gasteiger partial charge in [-0.15, -0.1) is 11.8 Å². The molecule has 2 rings (SSSR count). The third-order valence-corrected chi connectivity index (χ3v) is 4.33. The van der Waals surface area contributed by atoms with Gasteiger partial charge in [0.1, 0.15) is 0 Å². The number of carbonyl (C=O) groups is 3. The molecule has 0 aliphatic carbocycles. The van der Waals surface area contributed by atoms with E-state index in [1.54, 1.807) is 24.3 Å². The van der Waals surface area contributed by atoms with E-state index in [0.29, 0.717) is 27.5 Å². The Morgan fingerprint density at radius 2 is 1.78 bits per heavy atom. The van der Waals surface area contributed by atoms with E-state index < -0.39 is 0 Å². The van der Waals surface area contributed by atoms with Crippen molar-refractivity contribution in [2.75, 3.05) is 11.1 Å². The molecule has 1 heterocycles. The van der Waals surface area contributed by atoms with Crippen LogP contribution in [0.3, 0.4) is 0 Å². The fourth-order valence-corrected chi connectivity index (χ4v) is 3.31. The molecule has 3 amide bonds. The zero-order chi connectivity index (χ0) is 17.1. The van der Waals surface area contributed by atoms with Gasteiger partial charge in [-0.1, -0.05) is 19.1 Å². The molecule has 0 spiro atoms. The van der Waals surface area contributed by atoms with Crippen LogP contribution in [-0.2, 0) is 14.4 Å². The van der Waals surface area contributed by atoms with E-state index in [1.165, 1.54) is 23.6 Å². The first-order valence-electron chi connectivity index (χ1n) is 7.49. The minimum Gasteiger partial charge on any atom is -0.326 e. The number of anilines is 1. The lowest BCUT2D eigenvalue weighted by molar-refractivity contribution is -0.138. The second kappa shape index (κ2) is 7.00. The monoisotopic (exact) mass is 332 g/mol. The molecule has 122 valence electrons. The summed E-state index contributed by atoms with van der Waals surface area (Å²) in [5.41, 5.74) is 1.80. The maximum absolute atomic E-state index is 12.7. The fourth-order valence-electron chi connectivity index (χ4n) is 2.45. The Morgan fingerprint density at radius 1 is 1.17 bits per heavy atom. The quantitative estimate of drug-likeness (QED) is 0.842. The van der Waals surface area contributed by atoms with E-state index in [1.807, 2.05) is 20.8 Å². The van der Waals surface area contributed by atoms with Gasteiger partial charge in [-0.2, -0.15) is 0 Å². The number of hydrogen-bond donors (Lipinski definition) is 1. The van der Waals surface area contributed by atoms with Gasteiger partial charge in [0.15, 0.2) is 0 Å². The van der Waals surface area contributed by atoms with Gasteiger partial charge in [-0.25, -0.2) is 0 Å². The van der Waals surface area contributed by atoms with Gasteiger partial charge >= 0.3 is 0 Å². The predicted octanol–water partition coefficient (Wildman–Crippen LogP) is 2.89. The maximum Gasteiger partial charge on any atom is 0.268 e. The lowest BCUT2D eigenvalue weighted by Gasteiger charge is -2.19. The summed E-state index contributed by atoms with van der Waals surface area (Å²) in [6.45, 7) is 7.04. The third kappa shape index (κ3) is 3.47. The predicted molar refractivity (Wildman–Crippen MR) is 92.8 cm³/mol. The van der Waals surface area contributed by atoms with Gasteiger partial charge in [0, 0.05) is 18.7 Å². The molecular weight excluding hydrogens is 312 g/mol. The van der Waals surface area contributed by atoms with Crippen molar-refractivity contribution in [1.29, 1.82) is 0 Å². The molecule has 1 aromatic rings. The van der Waals surface area contributed by atoms with Crippen LogP contribution in [0.1, 0.15) is 33.3 Å². The van der Waals surface area contributed by atoms with Crippen molar-refractivity contribution in [1.82, 2.24) is 4.90 Å². The maximum atomic E-state index is 12.7. The molecule has 5 nitrogen and oxygen atoms in total. The minimum atomic E-state index is -0.256. The van der Waals surface area contributed by atoms with Crippen molar-refractivity contribution in [3.63, 3.8) is 0 Å². The van der Waals surface area contributed by atoms with Crippen molar-refractivity contribution >= 4 is 40.7 Å². The number of carbonyl (C=O) groups excluding carboxylic acids is 3. The summed E-state index contributed by atoms with van der Waals surface area (Å²) >= 11 is 1.39. The number of imide groups is 1. The topological polar surface area (TPSA) is 66.5 Å². The van der Waals surface area contributed by atoms with Crippen molar-refractivity contribution in [2.45, 2.75) is 33.7 Å². The summed E-state index contributed by atoms with van der Waals surface area (Å²) < 4.78 is 0. The Morgan fingerprint density at radius 3 is 2.26 bits per heavy atom. The molecule has 1 aliphatic rings. The summed E-state index contributed by atoms with van der Waals surface area (Å²) in [5, 5.41) is 2.68. The zero-order valence-corrected chi connectivity index (χ0v) is 14.5. The Kier molecular flexibility index (Phi) is 5.26. The minimum absolute atomic E-state index is 0.155. The van der Waals surface area contributed by atoms with Crippen LogP contribution < -0.4 is 5.32 Å². The Hall–Kier alpha value is -2.08. The van der Waals surface area contributed by atoms with Crippen molar-refractivity contribution < 1.29 is 14.4 Å². The molecule has 0 bridgehead atoms. The van der Waals surface area contributed by atoms with E-state index in [-0.39, 0.29) is 23.8 Å². The third-order valence-electron chi connectivity index (χ3n) is 3.37. The Bertz CT molecular complexity index is 678. The number of hydrogen-bond acceptors (Lipinski definition) is 4. The lowest BCUT2D eigenvalue weighted by atomic mass is 10.1. The van der Waals surface area contributed by atoms with Crippen molar-refractivity contribution in [2.24, 2.45) is 0 Å². The van der Waals surface area contributed by atoms with Crippen LogP contribution in [0.4, 0.5) is 5.69 Å².